The van der Waals surface area contributed by atoms with E-state index in [1.165, 1.54) is 11.5 Å². The maximum atomic E-state index is 14.1. The fraction of sp³-hybridized carbons (Fsp3) is 0.0741. The van der Waals surface area contributed by atoms with Crippen molar-refractivity contribution >= 4 is 22.4 Å². The van der Waals surface area contributed by atoms with Crippen molar-refractivity contribution in [1.82, 2.24) is 0 Å². The molecule has 152 valence electrons. The predicted octanol–water partition coefficient (Wildman–Crippen LogP) is 6.63. The molecule has 0 aliphatic carbocycles. The second kappa shape index (κ2) is 9.15. The first-order valence-electron chi connectivity index (χ1n) is 9.83. The van der Waals surface area contributed by atoms with Crippen molar-refractivity contribution in [2.45, 2.75) is 6.61 Å². The van der Waals surface area contributed by atoms with Gasteiger partial charge in [0.05, 0.1) is 18.8 Å². The molecule has 0 radical (unpaired) electrons. The Bertz CT molecular complexity index is 1300. The molecule has 0 saturated carbocycles. The molecule has 31 heavy (non-hydrogen) atoms. The molecule has 0 unspecified atom stereocenters. The highest BCUT2D eigenvalue weighted by atomic mass is 19.1. The Morgan fingerprint density at radius 2 is 1.68 bits per heavy atom. The summed E-state index contributed by atoms with van der Waals surface area (Å²) in [5.41, 5.74) is 2.27. The molecule has 4 aromatic rings. The minimum absolute atomic E-state index is 0.241. The highest BCUT2D eigenvalue weighted by molar-refractivity contribution is 5.90. The topological polar surface area (TPSA) is 42.2 Å². The molecule has 0 fully saturated rings. The van der Waals surface area contributed by atoms with Crippen LogP contribution >= 0.6 is 0 Å². The number of hydrogen-bond acceptors (Lipinski definition) is 3. The quantitative estimate of drug-likeness (QED) is 0.265. The number of methoxy groups -OCH3 is 1. The Balaban J connectivity index is 1.56. The molecule has 3 nitrogen and oxygen atoms in total. The van der Waals surface area contributed by atoms with Crippen molar-refractivity contribution in [3.8, 4) is 17.6 Å². The highest BCUT2D eigenvalue weighted by Gasteiger charge is 2.10. The van der Waals surface area contributed by atoms with Crippen molar-refractivity contribution in [3.63, 3.8) is 0 Å². The average Bonchev–Trinajstić information content (AvgIpc) is 2.82. The van der Waals surface area contributed by atoms with E-state index >= 15 is 0 Å². The molecule has 0 amide bonds. The molecule has 0 spiro atoms. The molecule has 0 N–H and O–H groups in total. The number of fused-ring (bicyclic) bond motifs is 1. The van der Waals surface area contributed by atoms with Gasteiger partial charge in [0.25, 0.3) is 0 Å². The number of rotatable bonds is 6. The van der Waals surface area contributed by atoms with Crippen LogP contribution in [0.25, 0.3) is 22.4 Å². The molecule has 4 heteroatoms. The Morgan fingerprint density at radius 3 is 2.45 bits per heavy atom. The largest absolute Gasteiger partial charge is 0.493 e. The lowest BCUT2D eigenvalue weighted by atomic mass is 10.0. The van der Waals surface area contributed by atoms with Gasteiger partial charge in [-0.3, -0.25) is 0 Å². The van der Waals surface area contributed by atoms with Crippen molar-refractivity contribution in [3.05, 3.63) is 107 Å². The summed E-state index contributed by atoms with van der Waals surface area (Å²) in [6.07, 6.45) is 1.63. The van der Waals surface area contributed by atoms with Crippen LogP contribution in [0.15, 0.2) is 84.9 Å². The van der Waals surface area contributed by atoms with Crippen LogP contribution in [0.4, 0.5) is 4.39 Å². The van der Waals surface area contributed by atoms with Gasteiger partial charge in [-0.15, -0.1) is 0 Å². The van der Waals surface area contributed by atoms with Crippen LogP contribution in [-0.2, 0) is 6.61 Å². The predicted molar refractivity (Wildman–Crippen MR) is 121 cm³/mol. The summed E-state index contributed by atoms with van der Waals surface area (Å²) < 4.78 is 25.5. The summed E-state index contributed by atoms with van der Waals surface area (Å²) in [4.78, 5) is 0. The third-order valence-corrected chi connectivity index (χ3v) is 4.99. The van der Waals surface area contributed by atoms with E-state index in [4.69, 9.17) is 9.47 Å². The lowest BCUT2D eigenvalue weighted by Gasteiger charge is -2.12. The van der Waals surface area contributed by atoms with Crippen LogP contribution in [0.5, 0.6) is 11.5 Å². The fourth-order valence-corrected chi connectivity index (χ4v) is 3.40. The van der Waals surface area contributed by atoms with E-state index in [0.29, 0.717) is 18.1 Å². The van der Waals surface area contributed by atoms with E-state index in [0.717, 1.165) is 16.5 Å². The van der Waals surface area contributed by atoms with Crippen LogP contribution in [0.1, 0.15) is 16.7 Å². The van der Waals surface area contributed by atoms with E-state index < -0.39 is 5.82 Å². The van der Waals surface area contributed by atoms with Gasteiger partial charge in [0.2, 0.25) is 0 Å². The van der Waals surface area contributed by atoms with Crippen LogP contribution < -0.4 is 9.47 Å². The lowest BCUT2D eigenvalue weighted by molar-refractivity contribution is 0.284. The molecule has 0 saturated heterocycles. The molecule has 0 aliphatic rings. The van der Waals surface area contributed by atoms with E-state index in [1.807, 2.05) is 24.3 Å². The smallest absolute Gasteiger partial charge is 0.161 e. The van der Waals surface area contributed by atoms with Crippen molar-refractivity contribution < 1.29 is 13.9 Å². The Labute approximate surface area is 180 Å². The maximum absolute atomic E-state index is 14.1. The van der Waals surface area contributed by atoms with Crippen molar-refractivity contribution in [2.75, 3.05) is 7.11 Å². The van der Waals surface area contributed by atoms with Crippen LogP contribution in [-0.4, -0.2) is 7.11 Å². The second-order valence-corrected chi connectivity index (χ2v) is 7.03. The maximum Gasteiger partial charge on any atom is 0.161 e. The number of hydrogen-bond donors (Lipinski definition) is 0. The van der Waals surface area contributed by atoms with Crippen molar-refractivity contribution in [1.29, 1.82) is 5.26 Å². The Hall–Kier alpha value is -4.10. The van der Waals surface area contributed by atoms with Gasteiger partial charge < -0.3 is 9.47 Å². The molecule has 4 rings (SSSR count). The number of halogens is 1. The van der Waals surface area contributed by atoms with Crippen LogP contribution in [0.3, 0.4) is 0 Å². The Kier molecular flexibility index (Phi) is 5.96. The van der Waals surface area contributed by atoms with Crippen LogP contribution in [0, 0.1) is 17.1 Å². The number of nitriles is 1. The minimum atomic E-state index is -0.433. The number of allylic oxidation sites excluding steroid dienone is 1. The van der Waals surface area contributed by atoms with E-state index in [1.54, 1.807) is 43.5 Å². The SMILES string of the molecule is COc1cc(C=C(C#N)c2ccccc2F)ccc1OCc1ccc2ccccc2c1. The normalized spacial score (nSPS) is 11.2. The van der Waals surface area contributed by atoms with Gasteiger partial charge in [-0.25, -0.2) is 4.39 Å². The molecular formula is C27H20FNO2. The van der Waals surface area contributed by atoms with Gasteiger partial charge >= 0.3 is 0 Å². The summed E-state index contributed by atoms with van der Waals surface area (Å²) in [7, 11) is 1.56. The first-order chi connectivity index (χ1) is 15.2. The van der Waals surface area contributed by atoms with Crippen LogP contribution in [0.2, 0.25) is 0 Å². The first-order valence-corrected chi connectivity index (χ1v) is 9.83. The lowest BCUT2D eigenvalue weighted by Crippen LogP contribution is -1.98. The molecule has 4 aromatic carbocycles. The van der Waals surface area contributed by atoms with Gasteiger partial charge in [-0.1, -0.05) is 60.7 Å². The van der Waals surface area contributed by atoms with Gasteiger partial charge in [-0.05, 0) is 52.2 Å². The van der Waals surface area contributed by atoms with E-state index in [9.17, 15) is 9.65 Å². The summed E-state index contributed by atoms with van der Waals surface area (Å²) in [5.74, 6) is 0.704. The zero-order valence-electron chi connectivity index (χ0n) is 17.0. The molecule has 0 aliphatic heterocycles. The third-order valence-electron chi connectivity index (χ3n) is 4.99. The van der Waals surface area contributed by atoms with Gasteiger partial charge in [0.1, 0.15) is 12.4 Å². The number of ether oxygens (including phenoxy) is 2. The fourth-order valence-electron chi connectivity index (χ4n) is 3.40. The monoisotopic (exact) mass is 409 g/mol. The van der Waals surface area contributed by atoms with E-state index in [2.05, 4.69) is 30.3 Å². The summed E-state index contributed by atoms with van der Waals surface area (Å²) in [6.45, 7) is 0.398. The third kappa shape index (κ3) is 4.57. The zero-order chi connectivity index (χ0) is 21.6. The molecule has 0 heterocycles. The highest BCUT2D eigenvalue weighted by Crippen LogP contribution is 2.31. The molecule has 0 atom stereocenters. The standard InChI is InChI=1S/C27H20FNO2/c1-30-27-16-19(14-23(17-29)24-8-4-5-9-25(24)28)11-13-26(27)31-18-20-10-12-21-6-2-3-7-22(21)15-20/h2-16H,18H2,1H3. The van der Waals surface area contributed by atoms with E-state index in [-0.39, 0.29) is 11.1 Å². The summed E-state index contributed by atoms with van der Waals surface area (Å²) in [6, 6.07) is 28.1. The first kappa shape index (κ1) is 20.2. The average molecular weight is 409 g/mol. The van der Waals surface area contributed by atoms with Crippen molar-refractivity contribution in [2.24, 2.45) is 0 Å². The minimum Gasteiger partial charge on any atom is -0.493 e. The van der Waals surface area contributed by atoms with Gasteiger partial charge in [0, 0.05) is 5.56 Å². The molecular weight excluding hydrogens is 389 g/mol. The second-order valence-electron chi connectivity index (χ2n) is 7.03. The summed E-state index contributed by atoms with van der Waals surface area (Å²) >= 11 is 0. The number of nitrogens with zero attached hydrogens (tertiary/aromatic N) is 1. The number of benzene rings is 4. The molecule has 0 bridgehead atoms. The summed E-state index contributed by atoms with van der Waals surface area (Å²) in [5, 5.41) is 11.8. The zero-order valence-corrected chi connectivity index (χ0v) is 17.0. The van der Waals surface area contributed by atoms with Gasteiger partial charge in [-0.2, -0.15) is 5.26 Å². The Morgan fingerprint density at radius 1 is 0.903 bits per heavy atom. The van der Waals surface area contributed by atoms with Gasteiger partial charge in [0.15, 0.2) is 11.5 Å². The molecule has 0 aromatic heterocycles.